The Hall–Kier alpha value is 0.0569. The highest BCUT2D eigenvalue weighted by molar-refractivity contribution is 6.66. The van der Waals surface area contributed by atoms with E-state index in [1.165, 1.54) is 0 Å². The summed E-state index contributed by atoms with van der Waals surface area (Å²) in [6.07, 6.45) is 2.43. The minimum atomic E-state index is -1.97. The fourth-order valence-corrected chi connectivity index (χ4v) is 5.21. The Balaban J connectivity index is 2.37. The molecule has 1 fully saturated rings. The molecule has 1 heterocycles. The lowest BCUT2D eigenvalue weighted by atomic mass is 9.80. The molecule has 0 radical (unpaired) electrons. The number of hydrogen-bond donors (Lipinski definition) is 0. The summed E-state index contributed by atoms with van der Waals surface area (Å²) in [5.41, 5.74) is 0.198. The average molecular weight is 290 g/mol. The van der Waals surface area contributed by atoms with Crippen LogP contribution in [0.25, 0.3) is 0 Å². The first kappa shape index (κ1) is 17.1. The average Bonchev–Trinajstić information content (AvgIpc) is 2.32. The monoisotopic (exact) mass is 290 g/mol. The number of ether oxygens (including phenoxy) is 2. The zero-order valence-corrected chi connectivity index (χ0v) is 14.2. The molecule has 114 valence electrons. The van der Waals surface area contributed by atoms with Crippen LogP contribution in [0.2, 0.25) is 12.6 Å². The SMILES string of the molecule is CCO[Si](C)(CCCC(OC)C1(C)COC1)OCC. The molecule has 0 bridgehead atoms. The van der Waals surface area contributed by atoms with Crippen molar-refractivity contribution in [2.24, 2.45) is 5.41 Å². The first-order valence-electron chi connectivity index (χ1n) is 7.38. The van der Waals surface area contributed by atoms with Crippen molar-refractivity contribution >= 4 is 8.56 Å². The molecule has 1 aliphatic heterocycles. The van der Waals surface area contributed by atoms with E-state index in [0.29, 0.717) is 0 Å². The molecule has 0 saturated carbocycles. The van der Waals surface area contributed by atoms with Gasteiger partial charge in [0.1, 0.15) is 0 Å². The van der Waals surface area contributed by atoms with Crippen molar-refractivity contribution < 1.29 is 18.3 Å². The van der Waals surface area contributed by atoms with E-state index in [9.17, 15) is 0 Å². The van der Waals surface area contributed by atoms with Crippen LogP contribution in [0.4, 0.5) is 0 Å². The Morgan fingerprint density at radius 2 is 1.79 bits per heavy atom. The summed E-state index contributed by atoms with van der Waals surface area (Å²) in [4.78, 5) is 0. The molecule has 1 saturated heterocycles. The van der Waals surface area contributed by atoms with Gasteiger partial charge in [-0.2, -0.15) is 0 Å². The van der Waals surface area contributed by atoms with Gasteiger partial charge in [0.25, 0.3) is 0 Å². The summed E-state index contributed by atoms with van der Waals surface area (Å²) in [5, 5.41) is 0. The molecule has 19 heavy (non-hydrogen) atoms. The number of rotatable bonds is 10. The quantitative estimate of drug-likeness (QED) is 0.580. The lowest BCUT2D eigenvalue weighted by Crippen LogP contribution is -2.50. The van der Waals surface area contributed by atoms with E-state index in [-0.39, 0.29) is 11.5 Å². The Morgan fingerprint density at radius 3 is 2.16 bits per heavy atom. The Bertz CT molecular complexity index is 250. The molecule has 1 unspecified atom stereocenters. The predicted octanol–water partition coefficient (Wildman–Crippen LogP) is 2.96. The third-order valence-electron chi connectivity index (χ3n) is 3.92. The molecular weight excluding hydrogens is 260 g/mol. The highest BCUT2D eigenvalue weighted by Gasteiger charge is 2.41. The van der Waals surface area contributed by atoms with Crippen LogP contribution in [-0.2, 0) is 18.3 Å². The smallest absolute Gasteiger partial charge is 0.334 e. The van der Waals surface area contributed by atoms with Gasteiger partial charge in [-0.25, -0.2) is 0 Å². The van der Waals surface area contributed by atoms with Crippen molar-refractivity contribution in [3.8, 4) is 0 Å². The van der Waals surface area contributed by atoms with Crippen molar-refractivity contribution in [1.82, 2.24) is 0 Å². The van der Waals surface area contributed by atoms with Crippen LogP contribution in [0.3, 0.4) is 0 Å². The minimum Gasteiger partial charge on any atom is -0.395 e. The van der Waals surface area contributed by atoms with Crippen LogP contribution in [0.1, 0.15) is 33.6 Å². The van der Waals surface area contributed by atoms with Crippen LogP contribution in [0.15, 0.2) is 0 Å². The molecule has 0 aliphatic carbocycles. The maximum absolute atomic E-state index is 5.86. The molecule has 0 spiro atoms. The fourth-order valence-electron chi connectivity index (χ4n) is 2.77. The maximum Gasteiger partial charge on any atom is 0.334 e. The van der Waals surface area contributed by atoms with Gasteiger partial charge in [-0.15, -0.1) is 0 Å². The van der Waals surface area contributed by atoms with Crippen LogP contribution < -0.4 is 0 Å². The molecule has 1 rings (SSSR count). The Labute approximate surface area is 119 Å². The van der Waals surface area contributed by atoms with Crippen molar-refractivity contribution in [3.63, 3.8) is 0 Å². The fraction of sp³-hybridized carbons (Fsp3) is 1.00. The predicted molar refractivity (Wildman–Crippen MR) is 78.6 cm³/mol. The van der Waals surface area contributed by atoms with Gasteiger partial charge in [0.15, 0.2) is 0 Å². The van der Waals surface area contributed by atoms with Crippen molar-refractivity contribution in [2.45, 2.75) is 52.3 Å². The highest BCUT2D eigenvalue weighted by Crippen LogP contribution is 2.35. The normalized spacial score (nSPS) is 20.1. The number of hydrogen-bond acceptors (Lipinski definition) is 4. The lowest BCUT2D eigenvalue weighted by molar-refractivity contribution is -0.171. The molecule has 0 aromatic rings. The van der Waals surface area contributed by atoms with Gasteiger partial charge in [-0.05, 0) is 39.3 Å². The highest BCUT2D eigenvalue weighted by atomic mass is 28.4. The molecule has 1 atom stereocenters. The van der Waals surface area contributed by atoms with E-state index in [2.05, 4.69) is 13.5 Å². The summed E-state index contributed by atoms with van der Waals surface area (Å²) in [6, 6.07) is 1.03. The summed E-state index contributed by atoms with van der Waals surface area (Å²) in [6.45, 7) is 11.6. The Kier molecular flexibility index (Phi) is 6.97. The third-order valence-corrected chi connectivity index (χ3v) is 6.98. The van der Waals surface area contributed by atoms with Gasteiger partial charge in [0.05, 0.1) is 19.3 Å². The second-order valence-corrected chi connectivity index (χ2v) is 9.11. The van der Waals surface area contributed by atoms with Gasteiger partial charge >= 0.3 is 8.56 Å². The standard InChI is InChI=1S/C14H30O4Si/c1-6-17-19(5,18-7-2)10-8-9-13(15-4)14(3)11-16-12-14/h13H,6-12H2,1-5H3. The summed E-state index contributed by atoms with van der Waals surface area (Å²) in [5.74, 6) is 0. The molecular formula is C14H30O4Si. The van der Waals surface area contributed by atoms with Gasteiger partial charge in [0.2, 0.25) is 0 Å². The molecule has 1 aliphatic rings. The van der Waals surface area contributed by atoms with Gasteiger partial charge in [0, 0.05) is 25.7 Å². The maximum atomic E-state index is 5.86. The second-order valence-electron chi connectivity index (χ2n) is 5.76. The van der Waals surface area contributed by atoms with Crippen LogP contribution in [0, 0.1) is 5.41 Å². The van der Waals surface area contributed by atoms with Gasteiger partial charge < -0.3 is 18.3 Å². The minimum absolute atomic E-state index is 0.198. The third kappa shape index (κ3) is 4.83. The van der Waals surface area contributed by atoms with Crippen LogP contribution in [0.5, 0.6) is 0 Å². The summed E-state index contributed by atoms with van der Waals surface area (Å²) in [7, 11) is -0.166. The molecule has 0 aromatic heterocycles. The summed E-state index contributed by atoms with van der Waals surface area (Å²) >= 11 is 0. The van der Waals surface area contributed by atoms with Gasteiger partial charge in [-0.3, -0.25) is 0 Å². The first-order valence-corrected chi connectivity index (χ1v) is 9.90. The van der Waals surface area contributed by atoms with E-state index in [1.807, 2.05) is 13.8 Å². The zero-order chi connectivity index (χ0) is 14.4. The molecule has 4 nitrogen and oxygen atoms in total. The van der Waals surface area contributed by atoms with E-state index in [4.69, 9.17) is 18.3 Å². The van der Waals surface area contributed by atoms with E-state index >= 15 is 0 Å². The van der Waals surface area contributed by atoms with Crippen LogP contribution in [-0.4, -0.2) is 48.2 Å². The summed E-state index contributed by atoms with van der Waals surface area (Å²) < 4.78 is 22.7. The molecule has 5 heteroatoms. The first-order chi connectivity index (χ1) is 8.99. The molecule has 0 aromatic carbocycles. The van der Waals surface area contributed by atoms with Crippen LogP contribution >= 0.6 is 0 Å². The topological polar surface area (TPSA) is 36.9 Å². The van der Waals surface area contributed by atoms with E-state index in [1.54, 1.807) is 7.11 Å². The van der Waals surface area contributed by atoms with Crippen molar-refractivity contribution in [3.05, 3.63) is 0 Å². The lowest BCUT2D eigenvalue weighted by Gasteiger charge is -2.43. The largest absolute Gasteiger partial charge is 0.395 e. The van der Waals surface area contributed by atoms with Crippen molar-refractivity contribution in [1.29, 1.82) is 0 Å². The zero-order valence-electron chi connectivity index (χ0n) is 13.2. The molecule has 0 amide bonds. The van der Waals surface area contributed by atoms with E-state index in [0.717, 1.165) is 45.3 Å². The molecule has 0 N–H and O–H groups in total. The van der Waals surface area contributed by atoms with E-state index < -0.39 is 8.56 Å². The number of methoxy groups -OCH3 is 1. The van der Waals surface area contributed by atoms with Gasteiger partial charge in [-0.1, -0.05) is 6.92 Å². The second kappa shape index (κ2) is 7.74. The Morgan fingerprint density at radius 1 is 1.21 bits per heavy atom. The van der Waals surface area contributed by atoms with Crippen molar-refractivity contribution in [2.75, 3.05) is 33.5 Å².